The van der Waals surface area contributed by atoms with Crippen LogP contribution in [0, 0.1) is 0 Å². The van der Waals surface area contributed by atoms with E-state index < -0.39 is 11.9 Å². The van der Waals surface area contributed by atoms with Gasteiger partial charge in [-0.15, -0.1) is 11.3 Å². The maximum Gasteiger partial charge on any atom is 0.263 e. The number of nitrogens with zero attached hydrogens (tertiary/aromatic N) is 3. The van der Waals surface area contributed by atoms with Gasteiger partial charge in [-0.2, -0.15) is 5.10 Å². The van der Waals surface area contributed by atoms with Crippen LogP contribution in [0.2, 0.25) is 0 Å². The van der Waals surface area contributed by atoms with Gasteiger partial charge in [-0.3, -0.25) is 14.2 Å². The van der Waals surface area contributed by atoms with Gasteiger partial charge in [-0.05, 0) is 61.9 Å². The number of carbonyl (C=O) groups excluding carboxylic acids is 1. The Morgan fingerprint density at radius 1 is 1.26 bits per heavy atom. The molecule has 1 atom stereocenters. The van der Waals surface area contributed by atoms with Gasteiger partial charge in [0, 0.05) is 4.88 Å². The number of aryl methyl sites for hydroxylation is 2. The normalized spacial score (nSPS) is 14.4. The first-order valence-corrected chi connectivity index (χ1v) is 10.9. The Balaban J connectivity index is 1.52. The quantitative estimate of drug-likeness (QED) is 0.470. The summed E-state index contributed by atoms with van der Waals surface area (Å²) >= 11 is 1.59. The van der Waals surface area contributed by atoms with E-state index in [9.17, 15) is 9.59 Å². The number of fused-ring (bicyclic) bond motifs is 3. The molecule has 0 unspecified atom stereocenters. The second kappa shape index (κ2) is 8.89. The topological polar surface area (TPSA) is 94.8 Å². The highest BCUT2D eigenvalue weighted by atomic mass is 32.1. The summed E-state index contributed by atoms with van der Waals surface area (Å²) in [5.41, 5.74) is 4.17. The molecule has 3 aromatic rings. The maximum atomic E-state index is 13.1. The van der Waals surface area contributed by atoms with E-state index >= 15 is 0 Å². The Hall–Kier alpha value is -3.20. The molecule has 1 N–H and O–H groups in total. The summed E-state index contributed by atoms with van der Waals surface area (Å²) in [5, 5.41) is 4.68. The first kappa shape index (κ1) is 21.0. The third-order valence-corrected chi connectivity index (χ3v) is 6.69. The minimum absolute atomic E-state index is 0.170. The van der Waals surface area contributed by atoms with Gasteiger partial charge in [-0.1, -0.05) is 0 Å². The number of carbonyl (C=O) groups is 1. The third-order valence-electron chi connectivity index (χ3n) is 5.49. The molecule has 31 heavy (non-hydrogen) atoms. The Labute approximate surface area is 183 Å². The second-order valence-corrected chi connectivity index (χ2v) is 8.46. The minimum Gasteiger partial charge on any atom is -0.493 e. The molecule has 1 amide bonds. The summed E-state index contributed by atoms with van der Waals surface area (Å²) in [6, 6.07) is 4.56. The van der Waals surface area contributed by atoms with Crippen molar-refractivity contribution in [1.82, 2.24) is 15.0 Å². The van der Waals surface area contributed by atoms with Crippen molar-refractivity contribution in [3.05, 3.63) is 50.9 Å². The number of aromatic nitrogens is 2. The molecule has 4 rings (SSSR count). The zero-order valence-corrected chi connectivity index (χ0v) is 18.5. The van der Waals surface area contributed by atoms with Crippen molar-refractivity contribution in [2.75, 3.05) is 14.2 Å². The lowest BCUT2D eigenvalue weighted by Gasteiger charge is -2.14. The summed E-state index contributed by atoms with van der Waals surface area (Å²) in [5.74, 6) is 0.774. The third kappa shape index (κ3) is 4.05. The Morgan fingerprint density at radius 3 is 2.81 bits per heavy atom. The predicted octanol–water partition coefficient (Wildman–Crippen LogP) is 3.07. The predicted molar refractivity (Wildman–Crippen MR) is 121 cm³/mol. The van der Waals surface area contributed by atoms with Crippen LogP contribution < -0.4 is 20.5 Å². The summed E-state index contributed by atoms with van der Waals surface area (Å²) in [6.45, 7) is 1.66. The van der Waals surface area contributed by atoms with Gasteiger partial charge in [0.2, 0.25) is 0 Å². The van der Waals surface area contributed by atoms with Gasteiger partial charge in [0.25, 0.3) is 11.5 Å². The molecule has 0 radical (unpaired) electrons. The number of thiophene rings is 1. The van der Waals surface area contributed by atoms with Gasteiger partial charge in [0.1, 0.15) is 10.9 Å². The highest BCUT2D eigenvalue weighted by molar-refractivity contribution is 7.18. The standard InChI is InChI=1S/C22H24N4O4S/c1-13(20(27)25-24-11-14-8-9-16(29-2)17(10-14)30-3)26-12-23-21-19(22(26)28)15-6-4-5-7-18(15)31-21/h8-13H,4-7H2,1-3H3,(H,25,27)/b24-11-/t13-/m0/s1. The van der Waals surface area contributed by atoms with Crippen molar-refractivity contribution >= 4 is 33.7 Å². The monoisotopic (exact) mass is 440 g/mol. The SMILES string of the molecule is COc1ccc(/C=N\NC(=O)[C@H](C)n2cnc3sc4c(c3c2=O)CCCC4)cc1OC. The van der Waals surface area contributed by atoms with Crippen LogP contribution in [0.15, 0.2) is 34.4 Å². The van der Waals surface area contributed by atoms with Crippen LogP contribution in [0.3, 0.4) is 0 Å². The lowest BCUT2D eigenvalue weighted by Crippen LogP contribution is -2.34. The molecule has 9 heteroatoms. The molecule has 1 aliphatic carbocycles. The largest absolute Gasteiger partial charge is 0.493 e. The number of hydrogen-bond donors (Lipinski definition) is 1. The molecule has 0 aliphatic heterocycles. The molecule has 1 aliphatic rings. The van der Waals surface area contributed by atoms with Crippen LogP contribution in [0.4, 0.5) is 0 Å². The van der Waals surface area contributed by atoms with Crippen molar-refractivity contribution in [2.24, 2.45) is 5.10 Å². The molecular formula is C22H24N4O4S. The van der Waals surface area contributed by atoms with Crippen LogP contribution in [0.25, 0.3) is 10.2 Å². The van der Waals surface area contributed by atoms with Crippen molar-refractivity contribution in [2.45, 2.75) is 38.6 Å². The number of ether oxygens (including phenoxy) is 2. The Kier molecular flexibility index (Phi) is 6.03. The van der Waals surface area contributed by atoms with Gasteiger partial charge in [-0.25, -0.2) is 10.4 Å². The van der Waals surface area contributed by atoms with E-state index in [0.29, 0.717) is 16.9 Å². The summed E-state index contributed by atoms with van der Waals surface area (Å²) < 4.78 is 11.9. The number of methoxy groups -OCH3 is 2. The molecule has 0 bridgehead atoms. The molecule has 2 heterocycles. The van der Waals surface area contributed by atoms with Gasteiger partial charge in [0.15, 0.2) is 11.5 Å². The highest BCUT2D eigenvalue weighted by Crippen LogP contribution is 2.33. The van der Waals surface area contributed by atoms with Crippen LogP contribution in [0.1, 0.15) is 41.8 Å². The van der Waals surface area contributed by atoms with Gasteiger partial charge in [0.05, 0.1) is 32.1 Å². The van der Waals surface area contributed by atoms with Crippen LogP contribution in [-0.2, 0) is 17.6 Å². The fraction of sp³-hybridized carbons (Fsp3) is 0.364. The number of benzene rings is 1. The van der Waals surface area contributed by atoms with E-state index in [2.05, 4.69) is 15.5 Å². The smallest absolute Gasteiger partial charge is 0.263 e. The summed E-state index contributed by atoms with van der Waals surface area (Å²) in [7, 11) is 3.11. The van der Waals surface area contributed by atoms with Crippen molar-refractivity contribution in [3.63, 3.8) is 0 Å². The van der Waals surface area contributed by atoms with Crippen molar-refractivity contribution in [1.29, 1.82) is 0 Å². The average molecular weight is 441 g/mol. The summed E-state index contributed by atoms with van der Waals surface area (Å²) in [4.78, 5) is 32.2. The zero-order chi connectivity index (χ0) is 22.0. The van der Waals surface area contributed by atoms with Crippen LogP contribution >= 0.6 is 11.3 Å². The van der Waals surface area contributed by atoms with Gasteiger partial charge < -0.3 is 9.47 Å². The lowest BCUT2D eigenvalue weighted by atomic mass is 9.97. The number of nitrogens with one attached hydrogen (secondary N) is 1. The maximum absolute atomic E-state index is 13.1. The van der Waals surface area contributed by atoms with Crippen LogP contribution in [0.5, 0.6) is 11.5 Å². The first-order valence-electron chi connectivity index (χ1n) is 10.1. The highest BCUT2D eigenvalue weighted by Gasteiger charge is 2.23. The average Bonchev–Trinajstić information content (AvgIpc) is 3.18. The zero-order valence-electron chi connectivity index (χ0n) is 17.7. The number of rotatable bonds is 6. The Morgan fingerprint density at radius 2 is 2.03 bits per heavy atom. The molecule has 0 spiro atoms. The van der Waals surface area contributed by atoms with Gasteiger partial charge >= 0.3 is 0 Å². The number of hydrazone groups is 1. The van der Waals surface area contributed by atoms with Crippen molar-refractivity contribution in [3.8, 4) is 11.5 Å². The number of hydrogen-bond acceptors (Lipinski definition) is 7. The van der Waals surface area contributed by atoms with E-state index in [1.165, 1.54) is 22.0 Å². The first-order chi connectivity index (χ1) is 15.0. The molecule has 0 saturated carbocycles. The van der Waals surface area contributed by atoms with Crippen LogP contribution in [-0.4, -0.2) is 35.9 Å². The molecule has 0 fully saturated rings. The van der Waals surface area contributed by atoms with E-state index in [0.717, 1.165) is 41.6 Å². The molecule has 8 nitrogen and oxygen atoms in total. The molecule has 2 aromatic heterocycles. The fourth-order valence-corrected chi connectivity index (χ4v) is 4.98. The second-order valence-electron chi connectivity index (χ2n) is 7.37. The van der Waals surface area contributed by atoms with E-state index in [1.54, 1.807) is 50.7 Å². The lowest BCUT2D eigenvalue weighted by molar-refractivity contribution is -0.123. The molecule has 1 aromatic carbocycles. The van der Waals surface area contributed by atoms with E-state index in [1.807, 2.05) is 0 Å². The summed E-state index contributed by atoms with van der Waals surface area (Å²) in [6.07, 6.45) is 7.07. The number of amides is 1. The molecular weight excluding hydrogens is 416 g/mol. The Bertz CT molecular complexity index is 1210. The fourth-order valence-electron chi connectivity index (χ4n) is 3.76. The van der Waals surface area contributed by atoms with E-state index in [4.69, 9.17) is 9.47 Å². The molecule has 0 saturated heterocycles. The van der Waals surface area contributed by atoms with E-state index in [-0.39, 0.29) is 5.56 Å². The molecule has 162 valence electrons. The van der Waals surface area contributed by atoms with Crippen molar-refractivity contribution < 1.29 is 14.3 Å². The minimum atomic E-state index is -0.744.